The van der Waals surface area contributed by atoms with Gasteiger partial charge in [0.2, 0.25) is 5.82 Å². The van der Waals surface area contributed by atoms with Crippen LogP contribution in [-0.4, -0.2) is 16.5 Å². The molecule has 1 N–H and O–H groups in total. The summed E-state index contributed by atoms with van der Waals surface area (Å²) in [6.45, 7) is 0.730. The summed E-state index contributed by atoms with van der Waals surface area (Å²) >= 11 is 5.74. The summed E-state index contributed by atoms with van der Waals surface area (Å²) in [4.78, 5) is 14.3. The van der Waals surface area contributed by atoms with Crippen LogP contribution in [0.3, 0.4) is 0 Å². The van der Waals surface area contributed by atoms with Crippen LogP contribution in [0, 0.1) is 16.0 Å². The Bertz CT molecular complexity index is 419. The molecule has 0 aromatic carbocycles. The predicted octanol–water partition coefficient (Wildman–Crippen LogP) is 3.25. The molecule has 1 heterocycles. The Hall–Kier alpha value is -1.36. The van der Waals surface area contributed by atoms with Crippen molar-refractivity contribution in [2.75, 3.05) is 11.9 Å². The minimum atomic E-state index is -0.444. The normalized spacial score (nSPS) is 16.1. The number of aromatic nitrogens is 1. The van der Waals surface area contributed by atoms with E-state index in [-0.39, 0.29) is 16.7 Å². The van der Waals surface area contributed by atoms with Gasteiger partial charge in [0.15, 0.2) is 0 Å². The van der Waals surface area contributed by atoms with Gasteiger partial charge in [0, 0.05) is 12.6 Å². The van der Waals surface area contributed by atoms with Crippen molar-refractivity contribution in [2.24, 2.45) is 5.92 Å². The lowest BCUT2D eigenvalue weighted by atomic mass is 10.1. The number of anilines is 1. The van der Waals surface area contributed by atoms with Crippen molar-refractivity contribution >= 4 is 23.1 Å². The minimum absolute atomic E-state index is 0.0209. The number of nitrogens with one attached hydrogen (secondary N) is 1. The highest BCUT2D eigenvalue weighted by Gasteiger charge is 2.19. The maximum atomic E-state index is 10.8. The molecule has 6 heteroatoms. The third-order valence-corrected chi connectivity index (χ3v) is 3.28. The molecule has 1 saturated carbocycles. The van der Waals surface area contributed by atoms with Gasteiger partial charge >= 0.3 is 5.69 Å². The van der Waals surface area contributed by atoms with Crippen LogP contribution in [0.2, 0.25) is 5.15 Å². The Morgan fingerprint density at radius 1 is 1.47 bits per heavy atom. The van der Waals surface area contributed by atoms with Crippen LogP contribution >= 0.6 is 11.6 Å². The highest BCUT2D eigenvalue weighted by molar-refractivity contribution is 6.29. The van der Waals surface area contributed by atoms with E-state index in [1.807, 2.05) is 0 Å². The molecule has 1 aromatic rings. The van der Waals surface area contributed by atoms with Gasteiger partial charge in [-0.05, 0) is 24.8 Å². The Morgan fingerprint density at radius 3 is 2.82 bits per heavy atom. The third kappa shape index (κ3) is 3.06. The van der Waals surface area contributed by atoms with E-state index >= 15 is 0 Å². The summed E-state index contributed by atoms with van der Waals surface area (Å²) in [5, 5.41) is 14.1. The third-order valence-electron chi connectivity index (χ3n) is 3.07. The average molecular weight is 256 g/mol. The van der Waals surface area contributed by atoms with Crippen LogP contribution in [0.4, 0.5) is 11.5 Å². The molecular weight excluding hydrogens is 242 g/mol. The van der Waals surface area contributed by atoms with Crippen LogP contribution in [0.1, 0.15) is 25.7 Å². The molecule has 92 valence electrons. The first-order valence-electron chi connectivity index (χ1n) is 5.71. The molecule has 0 aliphatic heterocycles. The van der Waals surface area contributed by atoms with Crippen molar-refractivity contribution < 1.29 is 4.92 Å². The number of nitrogens with zero attached hydrogens (tertiary/aromatic N) is 2. The fraction of sp³-hybridized carbons (Fsp3) is 0.545. The Balaban J connectivity index is 2.07. The zero-order chi connectivity index (χ0) is 12.3. The Kier molecular flexibility index (Phi) is 3.78. The zero-order valence-corrected chi connectivity index (χ0v) is 10.1. The molecular formula is C11H14ClN3O2. The fourth-order valence-electron chi connectivity index (χ4n) is 2.16. The van der Waals surface area contributed by atoms with Crippen LogP contribution in [0.5, 0.6) is 0 Å². The van der Waals surface area contributed by atoms with E-state index in [0.717, 1.165) is 6.54 Å². The highest BCUT2D eigenvalue weighted by atomic mass is 35.5. The molecule has 17 heavy (non-hydrogen) atoms. The SMILES string of the molecule is O=[N+]([O-])c1ccc(Cl)nc1NCC1CCCC1. The average Bonchev–Trinajstić information content (AvgIpc) is 2.78. The van der Waals surface area contributed by atoms with Gasteiger partial charge in [-0.25, -0.2) is 4.98 Å². The van der Waals surface area contributed by atoms with Crippen molar-refractivity contribution in [3.05, 3.63) is 27.4 Å². The molecule has 2 rings (SSSR count). The second kappa shape index (κ2) is 5.31. The summed E-state index contributed by atoms with van der Waals surface area (Å²) in [5.41, 5.74) is -0.0209. The Labute approximate surface area is 104 Å². The second-order valence-corrected chi connectivity index (χ2v) is 4.68. The summed E-state index contributed by atoms with van der Waals surface area (Å²) < 4.78 is 0. The number of nitro groups is 1. The molecule has 5 nitrogen and oxygen atoms in total. The van der Waals surface area contributed by atoms with E-state index in [9.17, 15) is 10.1 Å². The standard InChI is InChI=1S/C11H14ClN3O2/c12-10-6-5-9(15(16)17)11(14-10)13-7-8-3-1-2-4-8/h5-6,8H,1-4,7H2,(H,13,14). The monoisotopic (exact) mass is 255 g/mol. The summed E-state index contributed by atoms with van der Waals surface area (Å²) in [6, 6.07) is 2.81. The van der Waals surface area contributed by atoms with Gasteiger partial charge in [0.1, 0.15) is 5.15 Å². The number of hydrogen-bond acceptors (Lipinski definition) is 4. The van der Waals surface area contributed by atoms with Crippen LogP contribution in [0.25, 0.3) is 0 Å². The van der Waals surface area contributed by atoms with Crippen LogP contribution in [0.15, 0.2) is 12.1 Å². The van der Waals surface area contributed by atoms with E-state index in [1.54, 1.807) is 0 Å². The summed E-state index contributed by atoms with van der Waals surface area (Å²) in [7, 11) is 0. The van der Waals surface area contributed by atoms with Gasteiger partial charge in [-0.1, -0.05) is 24.4 Å². The molecule has 0 bridgehead atoms. The van der Waals surface area contributed by atoms with E-state index in [2.05, 4.69) is 10.3 Å². The van der Waals surface area contributed by atoms with Gasteiger partial charge in [-0.2, -0.15) is 0 Å². The van der Waals surface area contributed by atoms with Gasteiger partial charge in [-0.3, -0.25) is 10.1 Å². The number of pyridine rings is 1. The lowest BCUT2D eigenvalue weighted by molar-refractivity contribution is -0.384. The maximum Gasteiger partial charge on any atom is 0.311 e. The number of rotatable bonds is 4. The minimum Gasteiger partial charge on any atom is -0.364 e. The first-order chi connectivity index (χ1) is 8.16. The first kappa shape index (κ1) is 12.1. The lowest BCUT2D eigenvalue weighted by Gasteiger charge is -2.11. The molecule has 1 fully saturated rings. The van der Waals surface area contributed by atoms with E-state index in [0.29, 0.717) is 5.92 Å². The molecule has 1 aliphatic rings. The van der Waals surface area contributed by atoms with Crippen molar-refractivity contribution in [2.45, 2.75) is 25.7 Å². The topological polar surface area (TPSA) is 68.1 Å². The van der Waals surface area contributed by atoms with E-state index in [4.69, 9.17) is 11.6 Å². The first-order valence-corrected chi connectivity index (χ1v) is 6.09. The molecule has 1 aromatic heterocycles. The lowest BCUT2D eigenvalue weighted by Crippen LogP contribution is -2.13. The van der Waals surface area contributed by atoms with Crippen molar-refractivity contribution in [3.8, 4) is 0 Å². The van der Waals surface area contributed by atoms with Gasteiger partial charge < -0.3 is 5.32 Å². The molecule has 0 saturated heterocycles. The van der Waals surface area contributed by atoms with Crippen molar-refractivity contribution in [1.29, 1.82) is 0 Å². The number of halogens is 1. The van der Waals surface area contributed by atoms with E-state index in [1.165, 1.54) is 37.8 Å². The molecule has 0 amide bonds. The van der Waals surface area contributed by atoms with Crippen molar-refractivity contribution in [3.63, 3.8) is 0 Å². The largest absolute Gasteiger partial charge is 0.364 e. The highest BCUT2D eigenvalue weighted by Crippen LogP contribution is 2.27. The van der Waals surface area contributed by atoms with Crippen LogP contribution in [-0.2, 0) is 0 Å². The fourth-order valence-corrected chi connectivity index (χ4v) is 2.31. The summed E-state index contributed by atoms with van der Waals surface area (Å²) in [5.74, 6) is 0.866. The molecule has 0 unspecified atom stereocenters. The van der Waals surface area contributed by atoms with E-state index < -0.39 is 4.92 Å². The second-order valence-electron chi connectivity index (χ2n) is 4.29. The molecule has 0 radical (unpaired) electrons. The molecule has 0 spiro atoms. The smallest absolute Gasteiger partial charge is 0.311 e. The van der Waals surface area contributed by atoms with Crippen LogP contribution < -0.4 is 5.32 Å². The van der Waals surface area contributed by atoms with Gasteiger partial charge in [0.05, 0.1) is 4.92 Å². The maximum absolute atomic E-state index is 10.8. The number of hydrogen-bond donors (Lipinski definition) is 1. The molecule has 0 atom stereocenters. The quantitative estimate of drug-likeness (QED) is 0.509. The Morgan fingerprint density at radius 2 is 2.18 bits per heavy atom. The van der Waals surface area contributed by atoms with Gasteiger partial charge in [0.25, 0.3) is 0 Å². The zero-order valence-electron chi connectivity index (χ0n) is 9.36. The molecule has 1 aliphatic carbocycles. The van der Waals surface area contributed by atoms with Gasteiger partial charge in [-0.15, -0.1) is 0 Å². The summed E-state index contributed by atoms with van der Waals surface area (Å²) in [6.07, 6.45) is 4.86. The predicted molar refractivity (Wildman–Crippen MR) is 66.3 cm³/mol. The van der Waals surface area contributed by atoms with Crippen molar-refractivity contribution in [1.82, 2.24) is 4.98 Å².